The maximum atomic E-state index is 12.7. The molecule has 2 saturated heterocycles. The molecule has 124 valence electrons. The van der Waals surface area contributed by atoms with E-state index in [9.17, 15) is 9.59 Å². The third-order valence-electron chi connectivity index (χ3n) is 4.54. The van der Waals surface area contributed by atoms with Crippen molar-refractivity contribution in [1.29, 1.82) is 0 Å². The van der Waals surface area contributed by atoms with Gasteiger partial charge in [0.1, 0.15) is 12.6 Å². The third-order valence-corrected chi connectivity index (χ3v) is 4.54. The minimum Gasteiger partial charge on any atom is -0.446 e. The normalized spacial score (nSPS) is 23.6. The van der Waals surface area contributed by atoms with Crippen LogP contribution in [0, 0.1) is 5.92 Å². The molecular formula is C17H22N2O4. The molecule has 2 aliphatic heterocycles. The zero-order valence-corrected chi connectivity index (χ0v) is 13.0. The Morgan fingerprint density at radius 2 is 1.96 bits per heavy atom. The summed E-state index contributed by atoms with van der Waals surface area (Å²) in [5, 5.41) is 0. The van der Waals surface area contributed by atoms with Crippen molar-refractivity contribution >= 4 is 12.0 Å². The molecule has 2 fully saturated rings. The molecule has 0 radical (unpaired) electrons. The summed E-state index contributed by atoms with van der Waals surface area (Å²) in [5.74, 6) is 0.0179. The van der Waals surface area contributed by atoms with Crippen molar-refractivity contribution in [2.24, 2.45) is 11.7 Å². The highest BCUT2D eigenvalue weighted by atomic mass is 16.6. The molecule has 1 aromatic carbocycles. The summed E-state index contributed by atoms with van der Waals surface area (Å²) in [6.45, 7) is 1.60. The predicted molar refractivity (Wildman–Crippen MR) is 83.5 cm³/mol. The molecule has 0 aromatic heterocycles. The fraction of sp³-hybridized carbons (Fsp3) is 0.529. The van der Waals surface area contributed by atoms with Crippen molar-refractivity contribution < 1.29 is 19.1 Å². The Hall–Kier alpha value is -1.92. The standard InChI is InChI=1S/C17H22N2O4/c18-14(10-12-6-8-22-9-7-12)16(20)19-15(11-23-17(19)21)13-4-2-1-3-5-13/h1-5,12,14-15H,6-11,18H2/t14?,15-/m1/s1. The second-order valence-electron chi connectivity index (χ2n) is 6.11. The molecule has 2 heterocycles. The molecule has 0 spiro atoms. The summed E-state index contributed by atoms with van der Waals surface area (Å²) in [5.41, 5.74) is 6.97. The monoisotopic (exact) mass is 318 g/mol. The minimum atomic E-state index is -0.685. The lowest BCUT2D eigenvalue weighted by molar-refractivity contribution is -0.131. The number of hydrogen-bond acceptors (Lipinski definition) is 5. The fourth-order valence-electron chi connectivity index (χ4n) is 3.21. The van der Waals surface area contributed by atoms with Crippen molar-refractivity contribution in [2.75, 3.05) is 19.8 Å². The lowest BCUT2D eigenvalue weighted by Crippen LogP contribution is -2.46. The van der Waals surface area contributed by atoms with Gasteiger partial charge in [-0.25, -0.2) is 9.69 Å². The molecule has 1 aromatic rings. The van der Waals surface area contributed by atoms with Gasteiger partial charge in [-0.05, 0) is 30.7 Å². The molecule has 2 atom stereocenters. The Bertz CT molecular complexity index is 557. The lowest BCUT2D eigenvalue weighted by Gasteiger charge is -2.27. The number of cyclic esters (lactones) is 1. The first-order valence-electron chi connectivity index (χ1n) is 8.05. The maximum absolute atomic E-state index is 12.7. The van der Waals surface area contributed by atoms with Gasteiger partial charge in [-0.3, -0.25) is 4.79 Å². The first kappa shape index (κ1) is 16.0. The molecule has 23 heavy (non-hydrogen) atoms. The van der Waals surface area contributed by atoms with Crippen molar-refractivity contribution in [3.05, 3.63) is 35.9 Å². The summed E-state index contributed by atoms with van der Waals surface area (Å²) in [7, 11) is 0. The quantitative estimate of drug-likeness (QED) is 0.916. The summed E-state index contributed by atoms with van der Waals surface area (Å²) >= 11 is 0. The first-order chi connectivity index (χ1) is 11.2. The number of nitrogens with zero attached hydrogens (tertiary/aromatic N) is 1. The molecule has 2 aliphatic rings. The summed E-state index contributed by atoms with van der Waals surface area (Å²) < 4.78 is 10.4. The fourth-order valence-corrected chi connectivity index (χ4v) is 3.21. The Morgan fingerprint density at radius 3 is 2.65 bits per heavy atom. The number of carbonyl (C=O) groups is 2. The van der Waals surface area contributed by atoms with E-state index in [0.717, 1.165) is 18.4 Å². The highest BCUT2D eigenvalue weighted by Gasteiger charge is 2.41. The SMILES string of the molecule is NC(CC1CCOCC1)C(=O)N1C(=O)OC[C@@H]1c1ccccc1. The Kier molecular flexibility index (Phi) is 4.93. The number of rotatable bonds is 4. The van der Waals surface area contributed by atoms with Crippen molar-refractivity contribution in [2.45, 2.75) is 31.3 Å². The summed E-state index contributed by atoms with van der Waals surface area (Å²) in [6, 6.07) is 8.34. The van der Waals surface area contributed by atoms with E-state index in [1.54, 1.807) is 0 Å². The van der Waals surface area contributed by atoms with E-state index in [-0.39, 0.29) is 12.5 Å². The Morgan fingerprint density at radius 1 is 1.26 bits per heavy atom. The van der Waals surface area contributed by atoms with E-state index < -0.39 is 18.2 Å². The van der Waals surface area contributed by atoms with Crippen molar-refractivity contribution in [1.82, 2.24) is 4.90 Å². The third kappa shape index (κ3) is 3.54. The minimum absolute atomic E-state index is 0.179. The molecule has 0 aliphatic carbocycles. The van der Waals surface area contributed by atoms with Crippen LogP contribution in [0.25, 0.3) is 0 Å². The molecule has 2 N–H and O–H groups in total. The summed E-state index contributed by atoms with van der Waals surface area (Å²) in [6.07, 6.45) is 1.79. The molecule has 0 saturated carbocycles. The van der Waals surface area contributed by atoms with Crippen molar-refractivity contribution in [3.63, 3.8) is 0 Å². The highest BCUT2D eigenvalue weighted by molar-refractivity contribution is 5.96. The zero-order valence-electron chi connectivity index (χ0n) is 13.0. The maximum Gasteiger partial charge on any atom is 0.417 e. The number of ether oxygens (including phenoxy) is 2. The molecule has 6 nitrogen and oxygen atoms in total. The van der Waals surface area contributed by atoms with Crippen LogP contribution >= 0.6 is 0 Å². The van der Waals surface area contributed by atoms with Crippen LogP contribution in [-0.4, -0.2) is 42.8 Å². The van der Waals surface area contributed by atoms with Crippen molar-refractivity contribution in [3.8, 4) is 0 Å². The molecule has 0 bridgehead atoms. The van der Waals surface area contributed by atoms with Gasteiger partial charge in [-0.1, -0.05) is 30.3 Å². The number of carbonyl (C=O) groups excluding carboxylic acids is 2. The van der Waals surface area contributed by atoms with Crippen LogP contribution in [0.15, 0.2) is 30.3 Å². The van der Waals surface area contributed by atoms with E-state index in [1.165, 1.54) is 4.90 Å². The van der Waals surface area contributed by atoms with Crippen LogP contribution in [0.4, 0.5) is 4.79 Å². The van der Waals surface area contributed by atoms with E-state index >= 15 is 0 Å². The van der Waals surface area contributed by atoms with Crippen LogP contribution in [0.5, 0.6) is 0 Å². The first-order valence-corrected chi connectivity index (χ1v) is 8.05. The second-order valence-corrected chi connectivity index (χ2v) is 6.11. The molecule has 6 heteroatoms. The predicted octanol–water partition coefficient (Wildman–Crippen LogP) is 1.85. The number of hydrogen-bond donors (Lipinski definition) is 1. The van der Waals surface area contributed by atoms with Gasteiger partial charge in [0.15, 0.2) is 0 Å². The Balaban J connectivity index is 1.69. The lowest BCUT2D eigenvalue weighted by atomic mass is 9.92. The van der Waals surface area contributed by atoms with E-state index in [2.05, 4.69) is 0 Å². The van der Waals surface area contributed by atoms with Crippen LogP contribution in [0.1, 0.15) is 30.9 Å². The van der Waals surface area contributed by atoms with Gasteiger partial charge in [0, 0.05) is 13.2 Å². The second kappa shape index (κ2) is 7.10. The molecule has 2 amide bonds. The number of benzene rings is 1. The average Bonchev–Trinajstić information content (AvgIpc) is 2.97. The van der Waals surface area contributed by atoms with Gasteiger partial charge in [0.05, 0.1) is 6.04 Å². The molecule has 1 unspecified atom stereocenters. The zero-order chi connectivity index (χ0) is 16.2. The average molecular weight is 318 g/mol. The highest BCUT2D eigenvalue weighted by Crippen LogP contribution is 2.29. The van der Waals surface area contributed by atoms with Crippen LogP contribution in [0.2, 0.25) is 0 Å². The summed E-state index contributed by atoms with van der Waals surface area (Å²) in [4.78, 5) is 25.9. The van der Waals surface area contributed by atoms with Crippen LogP contribution < -0.4 is 5.73 Å². The smallest absolute Gasteiger partial charge is 0.417 e. The largest absolute Gasteiger partial charge is 0.446 e. The number of nitrogens with two attached hydrogens (primary N) is 1. The van der Waals surface area contributed by atoms with Gasteiger partial charge in [-0.2, -0.15) is 0 Å². The van der Waals surface area contributed by atoms with Gasteiger partial charge in [0.25, 0.3) is 0 Å². The van der Waals surface area contributed by atoms with Gasteiger partial charge in [-0.15, -0.1) is 0 Å². The van der Waals surface area contributed by atoms with E-state index in [0.29, 0.717) is 25.6 Å². The van der Waals surface area contributed by atoms with Gasteiger partial charge < -0.3 is 15.2 Å². The molecule has 3 rings (SSSR count). The number of amides is 2. The van der Waals surface area contributed by atoms with E-state index in [1.807, 2.05) is 30.3 Å². The van der Waals surface area contributed by atoms with Crippen LogP contribution in [-0.2, 0) is 14.3 Å². The van der Waals surface area contributed by atoms with Gasteiger partial charge >= 0.3 is 6.09 Å². The molecular weight excluding hydrogens is 296 g/mol. The van der Waals surface area contributed by atoms with Crippen LogP contribution in [0.3, 0.4) is 0 Å². The van der Waals surface area contributed by atoms with E-state index in [4.69, 9.17) is 15.2 Å². The Labute approximate surface area is 135 Å². The van der Waals surface area contributed by atoms with Gasteiger partial charge in [0.2, 0.25) is 5.91 Å². The topological polar surface area (TPSA) is 81.9 Å². The number of imide groups is 1.